The predicted molar refractivity (Wildman–Crippen MR) is 121 cm³/mol. The lowest BCUT2D eigenvalue weighted by Crippen LogP contribution is -2.35. The van der Waals surface area contributed by atoms with Crippen molar-refractivity contribution in [3.8, 4) is 17.1 Å². The fourth-order valence-electron chi connectivity index (χ4n) is 3.92. The van der Waals surface area contributed by atoms with Crippen molar-refractivity contribution in [1.29, 1.82) is 0 Å². The summed E-state index contributed by atoms with van der Waals surface area (Å²) in [6.45, 7) is 2.47. The molecule has 4 aromatic rings. The van der Waals surface area contributed by atoms with E-state index in [0.29, 0.717) is 36.0 Å². The highest BCUT2D eigenvalue weighted by atomic mass is 16.3. The lowest BCUT2D eigenvalue weighted by Gasteiger charge is -2.20. The highest BCUT2D eigenvalue weighted by Gasteiger charge is 2.42. The number of aryl methyl sites for hydroxylation is 1. The van der Waals surface area contributed by atoms with Gasteiger partial charge in [0.15, 0.2) is 11.4 Å². The zero-order chi connectivity index (χ0) is 23.0. The SMILES string of the molecule is CC(Nc1nccc(-n2ccc(-c3cccc(C4(O)CCNC4=O)c3)n2)n1)c1cnn(C)c1. The molecule has 33 heavy (non-hydrogen) atoms. The summed E-state index contributed by atoms with van der Waals surface area (Å²) in [7, 11) is 1.88. The zero-order valence-electron chi connectivity index (χ0n) is 18.3. The molecule has 1 amide bonds. The number of aliphatic hydroxyl groups is 1. The van der Waals surface area contributed by atoms with E-state index in [4.69, 9.17) is 0 Å². The maximum absolute atomic E-state index is 12.1. The summed E-state index contributed by atoms with van der Waals surface area (Å²) in [6, 6.07) is 10.9. The molecule has 3 aromatic heterocycles. The minimum absolute atomic E-state index is 0.0107. The molecule has 10 heteroatoms. The Kier molecular flexibility index (Phi) is 5.14. The summed E-state index contributed by atoms with van der Waals surface area (Å²) in [5.74, 6) is 0.728. The van der Waals surface area contributed by atoms with Gasteiger partial charge in [-0.2, -0.15) is 15.2 Å². The smallest absolute Gasteiger partial charge is 0.256 e. The Morgan fingerprint density at radius 3 is 2.91 bits per heavy atom. The molecule has 3 N–H and O–H groups in total. The molecule has 10 nitrogen and oxygen atoms in total. The Balaban J connectivity index is 1.38. The van der Waals surface area contributed by atoms with Gasteiger partial charge in [-0.05, 0) is 24.6 Å². The molecular weight excluding hydrogens is 420 g/mol. The molecule has 1 aromatic carbocycles. The first-order valence-electron chi connectivity index (χ1n) is 10.7. The number of benzene rings is 1. The van der Waals surface area contributed by atoms with Crippen LogP contribution in [-0.2, 0) is 17.4 Å². The van der Waals surface area contributed by atoms with Gasteiger partial charge in [0.1, 0.15) is 0 Å². The first kappa shape index (κ1) is 20.8. The third kappa shape index (κ3) is 3.96. The molecule has 0 aliphatic carbocycles. The van der Waals surface area contributed by atoms with Gasteiger partial charge in [0, 0.05) is 55.8 Å². The summed E-state index contributed by atoms with van der Waals surface area (Å²) in [4.78, 5) is 21.0. The number of aromatic nitrogens is 6. The van der Waals surface area contributed by atoms with Crippen molar-refractivity contribution < 1.29 is 9.90 Å². The number of nitrogens with one attached hydrogen (secondary N) is 2. The van der Waals surface area contributed by atoms with Crippen molar-refractivity contribution in [1.82, 2.24) is 34.8 Å². The third-order valence-corrected chi connectivity index (χ3v) is 5.82. The molecule has 1 aliphatic heterocycles. The third-order valence-electron chi connectivity index (χ3n) is 5.82. The number of amides is 1. The van der Waals surface area contributed by atoms with Crippen molar-refractivity contribution >= 4 is 11.9 Å². The molecule has 0 radical (unpaired) electrons. The normalized spacial score (nSPS) is 18.8. The first-order valence-corrected chi connectivity index (χ1v) is 10.7. The number of carbonyl (C=O) groups is 1. The second kappa shape index (κ2) is 8.14. The standard InChI is InChI=1S/C23H24N8O2/c1-15(17-13-26-30(2)14-17)27-22-25-9-6-20(28-22)31-11-7-19(29-31)16-4-3-5-18(12-16)23(33)8-10-24-21(23)32/h3-7,9,11-15,33H,8,10H2,1-2H3,(H,24,32)(H,25,27,28). The number of carbonyl (C=O) groups excluding carboxylic acids is 1. The van der Waals surface area contributed by atoms with E-state index in [1.54, 1.807) is 40.0 Å². The van der Waals surface area contributed by atoms with Crippen LogP contribution in [0.15, 0.2) is 61.2 Å². The van der Waals surface area contributed by atoms with Crippen LogP contribution in [-0.4, -0.2) is 47.1 Å². The summed E-state index contributed by atoms with van der Waals surface area (Å²) in [5.41, 5.74) is 1.59. The molecular formula is C23H24N8O2. The molecule has 1 aliphatic rings. The summed E-state index contributed by atoms with van der Waals surface area (Å²) < 4.78 is 3.42. The van der Waals surface area contributed by atoms with Crippen LogP contribution in [0.5, 0.6) is 0 Å². The maximum atomic E-state index is 12.1. The average Bonchev–Trinajstić information content (AvgIpc) is 3.55. The first-order chi connectivity index (χ1) is 15.9. The van der Waals surface area contributed by atoms with Crippen molar-refractivity contribution in [2.24, 2.45) is 7.05 Å². The fourth-order valence-corrected chi connectivity index (χ4v) is 3.92. The van der Waals surface area contributed by atoms with E-state index in [9.17, 15) is 9.90 Å². The Hall–Kier alpha value is -4.05. The second-order valence-corrected chi connectivity index (χ2v) is 8.14. The molecule has 4 heterocycles. The molecule has 0 spiro atoms. The summed E-state index contributed by atoms with van der Waals surface area (Å²) in [6.07, 6.45) is 7.59. The van der Waals surface area contributed by atoms with Crippen LogP contribution >= 0.6 is 0 Å². The number of hydrogen-bond donors (Lipinski definition) is 3. The van der Waals surface area contributed by atoms with Crippen LogP contribution in [0.1, 0.15) is 30.5 Å². The number of hydrogen-bond acceptors (Lipinski definition) is 7. The van der Waals surface area contributed by atoms with Gasteiger partial charge in [0.25, 0.3) is 5.91 Å². The Labute approximate surface area is 190 Å². The molecule has 1 fully saturated rings. The van der Waals surface area contributed by atoms with Crippen LogP contribution in [0.4, 0.5) is 5.95 Å². The Morgan fingerprint density at radius 2 is 2.15 bits per heavy atom. The van der Waals surface area contributed by atoms with Crippen molar-refractivity contribution in [2.75, 3.05) is 11.9 Å². The van der Waals surface area contributed by atoms with Crippen LogP contribution in [0.25, 0.3) is 17.1 Å². The number of rotatable bonds is 6. The van der Waals surface area contributed by atoms with Gasteiger partial charge in [-0.1, -0.05) is 18.2 Å². The molecule has 1 saturated heterocycles. The highest BCUT2D eigenvalue weighted by Crippen LogP contribution is 2.31. The van der Waals surface area contributed by atoms with Gasteiger partial charge in [0.05, 0.1) is 17.9 Å². The van der Waals surface area contributed by atoms with E-state index < -0.39 is 5.60 Å². The van der Waals surface area contributed by atoms with E-state index in [1.165, 1.54) is 0 Å². The maximum Gasteiger partial charge on any atom is 0.256 e. The molecule has 2 unspecified atom stereocenters. The Morgan fingerprint density at radius 1 is 1.27 bits per heavy atom. The number of nitrogens with zero attached hydrogens (tertiary/aromatic N) is 6. The lowest BCUT2D eigenvalue weighted by molar-refractivity contribution is -0.135. The molecule has 0 saturated carbocycles. The Bertz CT molecular complexity index is 1310. The van der Waals surface area contributed by atoms with Crippen LogP contribution in [0.2, 0.25) is 0 Å². The van der Waals surface area contributed by atoms with Gasteiger partial charge in [-0.25, -0.2) is 9.67 Å². The van der Waals surface area contributed by atoms with E-state index in [-0.39, 0.29) is 11.9 Å². The highest BCUT2D eigenvalue weighted by molar-refractivity contribution is 5.88. The van der Waals surface area contributed by atoms with Crippen molar-refractivity contribution in [2.45, 2.75) is 25.0 Å². The van der Waals surface area contributed by atoms with E-state index in [0.717, 1.165) is 11.1 Å². The van der Waals surface area contributed by atoms with Crippen molar-refractivity contribution in [3.05, 3.63) is 72.3 Å². The summed E-state index contributed by atoms with van der Waals surface area (Å²) >= 11 is 0. The van der Waals surface area contributed by atoms with E-state index in [2.05, 4.69) is 30.8 Å². The molecule has 5 rings (SSSR count). The zero-order valence-corrected chi connectivity index (χ0v) is 18.3. The monoisotopic (exact) mass is 444 g/mol. The molecule has 2 atom stereocenters. The topological polar surface area (TPSA) is 123 Å². The quantitative estimate of drug-likeness (QED) is 0.415. The van der Waals surface area contributed by atoms with Gasteiger partial charge in [-0.3, -0.25) is 9.48 Å². The predicted octanol–water partition coefficient (Wildman–Crippen LogP) is 1.94. The van der Waals surface area contributed by atoms with E-state index in [1.807, 2.05) is 44.6 Å². The van der Waals surface area contributed by atoms with Gasteiger partial charge < -0.3 is 15.7 Å². The second-order valence-electron chi connectivity index (χ2n) is 8.14. The van der Waals surface area contributed by atoms with Crippen LogP contribution in [0.3, 0.4) is 0 Å². The molecule has 168 valence electrons. The van der Waals surface area contributed by atoms with Gasteiger partial charge in [-0.15, -0.1) is 0 Å². The van der Waals surface area contributed by atoms with Gasteiger partial charge >= 0.3 is 0 Å². The van der Waals surface area contributed by atoms with Crippen molar-refractivity contribution in [3.63, 3.8) is 0 Å². The fraction of sp³-hybridized carbons (Fsp3) is 0.261. The number of anilines is 1. The van der Waals surface area contributed by atoms with Gasteiger partial charge in [0.2, 0.25) is 5.95 Å². The minimum Gasteiger partial charge on any atom is -0.375 e. The largest absolute Gasteiger partial charge is 0.375 e. The lowest BCUT2D eigenvalue weighted by atomic mass is 9.91. The molecule has 0 bridgehead atoms. The average molecular weight is 444 g/mol. The van der Waals surface area contributed by atoms with E-state index >= 15 is 0 Å². The van der Waals surface area contributed by atoms with Crippen LogP contribution < -0.4 is 10.6 Å². The van der Waals surface area contributed by atoms with Crippen LogP contribution in [0, 0.1) is 0 Å². The summed E-state index contributed by atoms with van der Waals surface area (Å²) in [5, 5.41) is 25.6. The minimum atomic E-state index is -1.50.